The number of anilines is 4. The van der Waals surface area contributed by atoms with Gasteiger partial charge in [-0.15, -0.1) is 0 Å². The molecule has 0 radical (unpaired) electrons. The van der Waals surface area contributed by atoms with E-state index in [0.717, 1.165) is 46.4 Å². The summed E-state index contributed by atoms with van der Waals surface area (Å²) in [6, 6.07) is 9.73. The number of carbonyl (C=O) groups excluding carboxylic acids is 1. The first-order chi connectivity index (χ1) is 18.7. The Morgan fingerprint density at radius 1 is 1.15 bits per heavy atom. The van der Waals surface area contributed by atoms with E-state index in [0.29, 0.717) is 23.1 Å². The van der Waals surface area contributed by atoms with Crippen LogP contribution < -0.4 is 20.3 Å². The summed E-state index contributed by atoms with van der Waals surface area (Å²) in [6.07, 6.45) is 9.11. The normalized spacial score (nSPS) is 11.6. The number of benzene rings is 2. The first kappa shape index (κ1) is 29.1. The zero-order valence-corrected chi connectivity index (χ0v) is 23.7. The number of carbonyl (C=O) groups is 1. The number of hydrogen-bond donors (Lipinski definition) is 2. The number of likely N-dealkylation sites (N-methyl/N-ethyl adjacent to an activating group) is 2. The van der Waals surface area contributed by atoms with Gasteiger partial charge in [0.05, 0.1) is 29.7 Å². The second-order valence-corrected chi connectivity index (χ2v) is 9.50. The molecule has 0 spiro atoms. The monoisotopic (exact) mass is 526 g/mol. The van der Waals surface area contributed by atoms with Crippen molar-refractivity contribution >= 4 is 45.4 Å². The predicted molar refractivity (Wildman–Crippen MR) is 164 cm³/mol. The number of methoxy groups -OCH3 is 1. The fraction of sp³-hybridized carbons (Fsp3) is 0.258. The number of rotatable bonds is 12. The van der Waals surface area contributed by atoms with Crippen molar-refractivity contribution in [2.75, 3.05) is 56.9 Å². The zero-order valence-electron chi connectivity index (χ0n) is 23.7. The third kappa shape index (κ3) is 7.55. The number of ether oxygens (including phenoxy) is 1. The molecule has 2 aromatic carbocycles. The Labute approximate surface area is 231 Å². The molecule has 39 heavy (non-hydrogen) atoms. The lowest BCUT2D eigenvalue weighted by atomic mass is 10.0. The zero-order chi connectivity index (χ0) is 28.5. The summed E-state index contributed by atoms with van der Waals surface area (Å²) in [5.74, 6) is 0.686. The van der Waals surface area contributed by atoms with E-state index in [4.69, 9.17) is 9.72 Å². The molecule has 0 bridgehead atoms. The Kier molecular flexibility index (Phi) is 10.0. The summed E-state index contributed by atoms with van der Waals surface area (Å²) < 4.78 is 5.73. The number of nitrogens with one attached hydrogen (secondary N) is 2. The van der Waals surface area contributed by atoms with E-state index in [2.05, 4.69) is 38.6 Å². The highest BCUT2D eigenvalue weighted by Crippen LogP contribution is 2.38. The number of hydrogen-bond acceptors (Lipinski definition) is 7. The smallest absolute Gasteiger partial charge is 0.247 e. The standard InChI is InChI=1S/C31H38N6O2/c1-9-12-22(17-21(3)4)24-14-11-13-23-20-32-31(35-30(23)24)34-26-18-25(33-29(38)10-2)27(19-28(26)39-8)37(7)16-15-36(5)6/h9-14,17-20H,2-3,15-16H2,1,4-8H3,(H,33,38)(H,32,34,35)/b12-9?,22-17+. The maximum Gasteiger partial charge on any atom is 0.247 e. The van der Waals surface area contributed by atoms with E-state index in [9.17, 15) is 4.79 Å². The van der Waals surface area contributed by atoms with Crippen molar-refractivity contribution < 1.29 is 9.53 Å². The number of allylic oxidation sites excluding steroid dienone is 5. The van der Waals surface area contributed by atoms with Crippen LogP contribution in [0.1, 0.15) is 19.4 Å². The summed E-state index contributed by atoms with van der Waals surface area (Å²) in [7, 11) is 7.63. The highest BCUT2D eigenvalue weighted by atomic mass is 16.5. The summed E-state index contributed by atoms with van der Waals surface area (Å²) >= 11 is 0. The number of para-hydroxylation sites is 1. The molecule has 0 unspecified atom stereocenters. The molecule has 0 atom stereocenters. The van der Waals surface area contributed by atoms with Gasteiger partial charge in [0.25, 0.3) is 0 Å². The molecule has 204 valence electrons. The second-order valence-electron chi connectivity index (χ2n) is 9.50. The molecule has 3 aromatic rings. The quantitative estimate of drug-likeness (QED) is 0.220. The molecule has 0 aliphatic heterocycles. The summed E-state index contributed by atoms with van der Waals surface area (Å²) in [5.41, 5.74) is 5.79. The average molecular weight is 527 g/mol. The molecule has 0 aliphatic carbocycles. The van der Waals surface area contributed by atoms with Gasteiger partial charge in [-0.25, -0.2) is 9.97 Å². The molecular formula is C31H38N6O2. The molecule has 0 aliphatic rings. The molecule has 3 rings (SSSR count). The van der Waals surface area contributed by atoms with Crippen LogP contribution >= 0.6 is 0 Å². The van der Waals surface area contributed by atoms with Crippen LogP contribution in [0.2, 0.25) is 0 Å². The lowest BCUT2D eigenvalue weighted by Crippen LogP contribution is -2.29. The van der Waals surface area contributed by atoms with Gasteiger partial charge < -0.3 is 25.2 Å². The van der Waals surface area contributed by atoms with Crippen LogP contribution in [0.3, 0.4) is 0 Å². The average Bonchev–Trinajstić information content (AvgIpc) is 2.91. The van der Waals surface area contributed by atoms with E-state index in [1.54, 1.807) is 13.3 Å². The van der Waals surface area contributed by atoms with Crippen LogP contribution in [0.15, 0.2) is 79.6 Å². The molecule has 1 aromatic heterocycles. The van der Waals surface area contributed by atoms with Crippen molar-refractivity contribution in [3.05, 3.63) is 85.1 Å². The Bertz CT molecular complexity index is 1420. The topological polar surface area (TPSA) is 82.6 Å². The van der Waals surface area contributed by atoms with Gasteiger partial charge in [-0.05, 0) is 45.7 Å². The number of fused-ring (bicyclic) bond motifs is 1. The van der Waals surface area contributed by atoms with Crippen LogP contribution in [0.4, 0.5) is 23.0 Å². The highest BCUT2D eigenvalue weighted by Gasteiger charge is 2.17. The van der Waals surface area contributed by atoms with Crippen molar-refractivity contribution in [3.8, 4) is 5.75 Å². The first-order valence-corrected chi connectivity index (χ1v) is 12.7. The number of amides is 1. The minimum Gasteiger partial charge on any atom is -0.494 e. The van der Waals surface area contributed by atoms with E-state index >= 15 is 0 Å². The van der Waals surface area contributed by atoms with Gasteiger partial charge in [0.2, 0.25) is 11.9 Å². The van der Waals surface area contributed by atoms with Gasteiger partial charge in [-0.2, -0.15) is 0 Å². The molecule has 1 heterocycles. The SMILES string of the molecule is C=CC(=O)Nc1cc(Nc2ncc3cccc(/C(C=CC)=C/C(=C)C)c3n2)c(OC)cc1N(C)CCN(C)C. The van der Waals surface area contributed by atoms with Crippen LogP contribution in [0.25, 0.3) is 16.5 Å². The van der Waals surface area contributed by atoms with Crippen molar-refractivity contribution in [2.24, 2.45) is 0 Å². The molecule has 1 amide bonds. The van der Waals surface area contributed by atoms with Gasteiger partial charge in [0.15, 0.2) is 0 Å². The number of nitrogens with zero attached hydrogens (tertiary/aromatic N) is 4. The molecule has 8 heteroatoms. The minimum absolute atomic E-state index is 0.305. The largest absolute Gasteiger partial charge is 0.494 e. The first-order valence-electron chi connectivity index (χ1n) is 12.7. The van der Waals surface area contributed by atoms with Crippen LogP contribution in [0, 0.1) is 0 Å². The van der Waals surface area contributed by atoms with Crippen LogP contribution in [-0.4, -0.2) is 62.1 Å². The van der Waals surface area contributed by atoms with Gasteiger partial charge in [-0.3, -0.25) is 4.79 Å². The van der Waals surface area contributed by atoms with E-state index < -0.39 is 0 Å². The summed E-state index contributed by atoms with van der Waals surface area (Å²) in [4.78, 5) is 25.9. The van der Waals surface area contributed by atoms with Crippen molar-refractivity contribution in [3.63, 3.8) is 0 Å². The van der Waals surface area contributed by atoms with Crippen LogP contribution in [0.5, 0.6) is 5.75 Å². The maximum atomic E-state index is 12.3. The van der Waals surface area contributed by atoms with Crippen molar-refractivity contribution in [1.82, 2.24) is 14.9 Å². The fourth-order valence-electron chi connectivity index (χ4n) is 4.04. The summed E-state index contributed by atoms with van der Waals surface area (Å²) in [6.45, 7) is 13.2. The predicted octanol–water partition coefficient (Wildman–Crippen LogP) is 6.04. The van der Waals surface area contributed by atoms with E-state index in [-0.39, 0.29) is 5.91 Å². The van der Waals surface area contributed by atoms with E-state index in [1.165, 1.54) is 6.08 Å². The number of aromatic nitrogens is 2. The van der Waals surface area contributed by atoms with Gasteiger partial charge in [-0.1, -0.05) is 55.2 Å². The minimum atomic E-state index is -0.305. The molecule has 0 saturated heterocycles. The fourth-order valence-corrected chi connectivity index (χ4v) is 4.04. The Hall–Kier alpha value is -4.43. The molecule has 2 N–H and O–H groups in total. The van der Waals surface area contributed by atoms with Crippen molar-refractivity contribution in [2.45, 2.75) is 13.8 Å². The molecular weight excluding hydrogens is 488 g/mol. The highest BCUT2D eigenvalue weighted by molar-refractivity contribution is 6.02. The Balaban J connectivity index is 2.09. The van der Waals surface area contributed by atoms with Gasteiger partial charge in [0, 0.05) is 43.4 Å². The second kappa shape index (κ2) is 13.4. The lowest BCUT2D eigenvalue weighted by Gasteiger charge is -2.26. The Morgan fingerprint density at radius 3 is 2.56 bits per heavy atom. The third-order valence-corrected chi connectivity index (χ3v) is 5.97. The van der Waals surface area contributed by atoms with E-state index in [1.807, 2.05) is 83.6 Å². The summed E-state index contributed by atoms with van der Waals surface area (Å²) in [5, 5.41) is 7.13. The van der Waals surface area contributed by atoms with Crippen LogP contribution in [-0.2, 0) is 4.79 Å². The molecule has 0 saturated carbocycles. The Morgan fingerprint density at radius 2 is 1.92 bits per heavy atom. The maximum absolute atomic E-state index is 12.3. The van der Waals surface area contributed by atoms with Gasteiger partial charge in [0.1, 0.15) is 5.75 Å². The van der Waals surface area contributed by atoms with Gasteiger partial charge >= 0.3 is 0 Å². The lowest BCUT2D eigenvalue weighted by molar-refractivity contribution is -0.111. The molecule has 0 fully saturated rings. The molecule has 8 nitrogen and oxygen atoms in total. The van der Waals surface area contributed by atoms with Crippen molar-refractivity contribution in [1.29, 1.82) is 0 Å². The third-order valence-electron chi connectivity index (χ3n) is 5.97.